The summed E-state index contributed by atoms with van der Waals surface area (Å²) in [6.45, 7) is 0. The summed E-state index contributed by atoms with van der Waals surface area (Å²) in [5, 5.41) is 0.453. The number of benzene rings is 2. The Morgan fingerprint density at radius 2 is 2.05 bits per heavy atom. The summed E-state index contributed by atoms with van der Waals surface area (Å²) in [6.07, 6.45) is 0.803. The van der Waals surface area contributed by atoms with Crippen LogP contribution in [0.5, 0.6) is 5.75 Å². The summed E-state index contributed by atoms with van der Waals surface area (Å²) in [4.78, 5) is 12.5. The third-order valence-corrected chi connectivity index (χ3v) is 3.93. The van der Waals surface area contributed by atoms with Crippen molar-refractivity contribution >= 4 is 17.4 Å². The van der Waals surface area contributed by atoms with Crippen LogP contribution in [0.2, 0.25) is 5.02 Å². The van der Waals surface area contributed by atoms with Crippen molar-refractivity contribution in [1.29, 1.82) is 0 Å². The standard InChI is InChI=1S/C16H13ClO2/c1-19-11-6-7-13(15(17)9-11)16(18)14-8-10-4-2-3-5-12(10)14/h2-7,9,14H,8H2,1H3. The van der Waals surface area contributed by atoms with E-state index in [0.717, 1.165) is 12.0 Å². The number of ether oxygens (including phenoxy) is 1. The molecule has 0 saturated heterocycles. The normalized spacial score (nSPS) is 16.4. The van der Waals surface area contributed by atoms with E-state index in [0.29, 0.717) is 16.3 Å². The fourth-order valence-corrected chi connectivity index (χ4v) is 2.77. The molecule has 96 valence electrons. The van der Waals surface area contributed by atoms with Crippen molar-refractivity contribution in [2.45, 2.75) is 12.3 Å². The van der Waals surface area contributed by atoms with Gasteiger partial charge in [-0.05, 0) is 35.7 Å². The average Bonchev–Trinajstić information content (AvgIpc) is 2.39. The van der Waals surface area contributed by atoms with E-state index in [2.05, 4.69) is 6.07 Å². The molecule has 1 aliphatic rings. The van der Waals surface area contributed by atoms with Crippen LogP contribution in [0, 0.1) is 0 Å². The minimum atomic E-state index is -0.0536. The molecule has 19 heavy (non-hydrogen) atoms. The average molecular weight is 273 g/mol. The topological polar surface area (TPSA) is 26.3 Å². The van der Waals surface area contributed by atoms with Crippen LogP contribution < -0.4 is 4.74 Å². The number of methoxy groups -OCH3 is 1. The monoisotopic (exact) mass is 272 g/mol. The highest BCUT2D eigenvalue weighted by atomic mass is 35.5. The molecule has 1 unspecified atom stereocenters. The molecule has 0 aromatic heterocycles. The summed E-state index contributed by atoms with van der Waals surface area (Å²) in [5.41, 5.74) is 2.95. The Kier molecular flexibility index (Phi) is 3.03. The molecule has 0 bridgehead atoms. The van der Waals surface area contributed by atoms with Crippen molar-refractivity contribution in [3.63, 3.8) is 0 Å². The Balaban J connectivity index is 1.90. The first kappa shape index (κ1) is 12.2. The molecule has 0 fully saturated rings. The van der Waals surface area contributed by atoms with E-state index < -0.39 is 0 Å². The molecular formula is C16H13ClO2. The molecule has 0 N–H and O–H groups in total. The van der Waals surface area contributed by atoms with Crippen molar-refractivity contribution in [2.75, 3.05) is 7.11 Å². The van der Waals surface area contributed by atoms with Gasteiger partial charge in [0.15, 0.2) is 5.78 Å². The number of hydrogen-bond acceptors (Lipinski definition) is 2. The Bertz CT molecular complexity index is 649. The maximum Gasteiger partial charge on any atom is 0.172 e. The van der Waals surface area contributed by atoms with Crippen LogP contribution in [-0.2, 0) is 6.42 Å². The number of Topliss-reactive ketones (excluding diaryl/α,β-unsaturated/α-hetero) is 1. The first-order valence-corrected chi connectivity index (χ1v) is 6.54. The van der Waals surface area contributed by atoms with E-state index in [-0.39, 0.29) is 11.7 Å². The van der Waals surface area contributed by atoms with Crippen LogP contribution >= 0.6 is 11.6 Å². The molecule has 2 nitrogen and oxygen atoms in total. The quantitative estimate of drug-likeness (QED) is 0.793. The van der Waals surface area contributed by atoms with Gasteiger partial charge in [0, 0.05) is 5.56 Å². The molecule has 0 amide bonds. The molecule has 0 spiro atoms. The van der Waals surface area contributed by atoms with Gasteiger partial charge in [-0.2, -0.15) is 0 Å². The minimum absolute atomic E-state index is 0.0536. The minimum Gasteiger partial charge on any atom is -0.497 e. The molecule has 0 saturated carbocycles. The second-order valence-electron chi connectivity index (χ2n) is 4.67. The molecule has 2 aromatic rings. The van der Waals surface area contributed by atoms with Gasteiger partial charge in [-0.15, -0.1) is 0 Å². The van der Waals surface area contributed by atoms with Crippen molar-refractivity contribution < 1.29 is 9.53 Å². The Labute approximate surface area is 117 Å². The first-order valence-electron chi connectivity index (χ1n) is 6.16. The van der Waals surface area contributed by atoms with E-state index in [1.807, 2.05) is 18.2 Å². The van der Waals surface area contributed by atoms with Crippen molar-refractivity contribution in [3.05, 3.63) is 64.2 Å². The van der Waals surface area contributed by atoms with Gasteiger partial charge in [0.05, 0.1) is 18.1 Å². The van der Waals surface area contributed by atoms with Crippen LogP contribution in [-0.4, -0.2) is 12.9 Å². The lowest BCUT2D eigenvalue weighted by molar-refractivity contribution is 0.0949. The summed E-state index contributed by atoms with van der Waals surface area (Å²) < 4.78 is 5.09. The number of rotatable bonds is 3. The molecular weight excluding hydrogens is 260 g/mol. The number of hydrogen-bond donors (Lipinski definition) is 0. The van der Waals surface area contributed by atoms with Crippen molar-refractivity contribution in [2.24, 2.45) is 0 Å². The van der Waals surface area contributed by atoms with E-state index in [9.17, 15) is 4.79 Å². The van der Waals surface area contributed by atoms with Gasteiger partial charge in [0.25, 0.3) is 0 Å². The SMILES string of the molecule is COc1ccc(C(=O)C2Cc3ccccc32)c(Cl)c1. The van der Waals surface area contributed by atoms with Gasteiger partial charge >= 0.3 is 0 Å². The Morgan fingerprint density at radius 3 is 2.74 bits per heavy atom. The Hall–Kier alpha value is -1.80. The van der Waals surface area contributed by atoms with Gasteiger partial charge in [-0.1, -0.05) is 35.9 Å². The predicted molar refractivity (Wildman–Crippen MR) is 75.2 cm³/mol. The molecule has 1 aliphatic carbocycles. The van der Waals surface area contributed by atoms with Gasteiger partial charge in [-0.3, -0.25) is 4.79 Å². The second kappa shape index (κ2) is 4.71. The summed E-state index contributed by atoms with van der Waals surface area (Å²) in [5.74, 6) is 0.698. The largest absolute Gasteiger partial charge is 0.497 e. The lowest BCUT2D eigenvalue weighted by Gasteiger charge is -2.29. The van der Waals surface area contributed by atoms with Crippen LogP contribution in [0.15, 0.2) is 42.5 Å². The number of fused-ring (bicyclic) bond motifs is 1. The van der Waals surface area contributed by atoms with Gasteiger partial charge in [0.1, 0.15) is 5.75 Å². The van der Waals surface area contributed by atoms with E-state index in [1.165, 1.54) is 5.56 Å². The molecule has 3 heteroatoms. The summed E-state index contributed by atoms with van der Waals surface area (Å²) in [6, 6.07) is 13.2. The fraction of sp³-hybridized carbons (Fsp3) is 0.188. The predicted octanol–water partition coefficient (Wildman–Crippen LogP) is 3.87. The van der Waals surface area contributed by atoms with Crippen molar-refractivity contribution in [3.8, 4) is 5.75 Å². The molecule has 0 heterocycles. The maximum atomic E-state index is 12.5. The first-order chi connectivity index (χ1) is 9.20. The highest BCUT2D eigenvalue weighted by molar-refractivity contribution is 6.34. The van der Waals surface area contributed by atoms with Crippen LogP contribution in [0.25, 0.3) is 0 Å². The zero-order valence-electron chi connectivity index (χ0n) is 10.5. The lowest BCUT2D eigenvalue weighted by atomic mass is 9.74. The Morgan fingerprint density at radius 1 is 1.26 bits per heavy atom. The van der Waals surface area contributed by atoms with Gasteiger partial charge < -0.3 is 4.74 Å². The number of ketones is 1. The fourth-order valence-electron chi connectivity index (χ4n) is 2.50. The highest BCUT2D eigenvalue weighted by Crippen LogP contribution is 2.38. The van der Waals surface area contributed by atoms with Crippen molar-refractivity contribution in [1.82, 2.24) is 0 Å². The van der Waals surface area contributed by atoms with Gasteiger partial charge in [0.2, 0.25) is 0 Å². The maximum absolute atomic E-state index is 12.5. The number of carbonyl (C=O) groups excluding carboxylic acids is 1. The van der Waals surface area contributed by atoms with Crippen LogP contribution in [0.4, 0.5) is 0 Å². The third-order valence-electron chi connectivity index (χ3n) is 3.61. The van der Waals surface area contributed by atoms with Crippen LogP contribution in [0.1, 0.15) is 27.4 Å². The summed E-state index contributed by atoms with van der Waals surface area (Å²) in [7, 11) is 1.58. The smallest absolute Gasteiger partial charge is 0.172 e. The third kappa shape index (κ3) is 2.02. The number of halogens is 1. The van der Waals surface area contributed by atoms with Gasteiger partial charge in [-0.25, -0.2) is 0 Å². The van der Waals surface area contributed by atoms with Crippen LogP contribution in [0.3, 0.4) is 0 Å². The van der Waals surface area contributed by atoms with E-state index >= 15 is 0 Å². The van der Waals surface area contributed by atoms with E-state index in [4.69, 9.17) is 16.3 Å². The number of carbonyl (C=O) groups is 1. The molecule has 2 aromatic carbocycles. The zero-order chi connectivity index (χ0) is 13.4. The molecule has 3 rings (SSSR count). The molecule has 0 aliphatic heterocycles. The summed E-state index contributed by atoms with van der Waals surface area (Å²) >= 11 is 6.15. The molecule has 0 radical (unpaired) electrons. The highest BCUT2D eigenvalue weighted by Gasteiger charge is 2.33. The second-order valence-corrected chi connectivity index (χ2v) is 5.07. The lowest BCUT2D eigenvalue weighted by Crippen LogP contribution is -2.25. The van der Waals surface area contributed by atoms with E-state index in [1.54, 1.807) is 25.3 Å². The zero-order valence-corrected chi connectivity index (χ0v) is 11.3. The molecule has 1 atom stereocenters.